The van der Waals surface area contributed by atoms with E-state index in [-0.39, 0.29) is 18.0 Å². The lowest BCUT2D eigenvalue weighted by Gasteiger charge is -2.38. The molecular weight excluding hydrogens is 404 g/mol. The Morgan fingerprint density at radius 2 is 1.78 bits per heavy atom. The highest BCUT2D eigenvalue weighted by molar-refractivity contribution is 5.77. The number of methoxy groups -OCH3 is 1. The lowest BCUT2D eigenvalue weighted by Crippen LogP contribution is -2.46. The predicted molar refractivity (Wildman–Crippen MR) is 123 cm³/mol. The molecule has 32 heavy (non-hydrogen) atoms. The van der Waals surface area contributed by atoms with Gasteiger partial charge in [0, 0.05) is 38.6 Å². The van der Waals surface area contributed by atoms with Crippen LogP contribution in [0.25, 0.3) is 0 Å². The van der Waals surface area contributed by atoms with Gasteiger partial charge in [-0.1, -0.05) is 24.3 Å². The molecule has 1 unspecified atom stereocenters. The lowest BCUT2D eigenvalue weighted by molar-refractivity contribution is -0.141. The van der Waals surface area contributed by atoms with Gasteiger partial charge in [-0.2, -0.15) is 0 Å². The van der Waals surface area contributed by atoms with Crippen LogP contribution in [0.4, 0.5) is 0 Å². The molecule has 0 radical (unpaired) electrons. The number of esters is 1. The van der Waals surface area contributed by atoms with Gasteiger partial charge in [0.25, 0.3) is 0 Å². The van der Waals surface area contributed by atoms with Crippen LogP contribution < -0.4 is 0 Å². The maximum atomic E-state index is 13.0. The lowest BCUT2D eigenvalue weighted by atomic mass is 9.94. The van der Waals surface area contributed by atoms with Crippen molar-refractivity contribution in [2.75, 3.05) is 39.9 Å². The van der Waals surface area contributed by atoms with Crippen LogP contribution in [0.5, 0.6) is 0 Å². The van der Waals surface area contributed by atoms with E-state index in [0.29, 0.717) is 37.8 Å². The summed E-state index contributed by atoms with van der Waals surface area (Å²) in [5.41, 5.74) is 3.03. The van der Waals surface area contributed by atoms with Crippen LogP contribution in [0.2, 0.25) is 0 Å². The van der Waals surface area contributed by atoms with Gasteiger partial charge >= 0.3 is 5.97 Å². The second kappa shape index (κ2) is 11.3. The van der Waals surface area contributed by atoms with E-state index >= 15 is 0 Å². The van der Waals surface area contributed by atoms with Crippen molar-refractivity contribution < 1.29 is 19.1 Å². The molecule has 4 rings (SSSR count). The summed E-state index contributed by atoms with van der Waals surface area (Å²) in [5.74, 6) is 0.448. The van der Waals surface area contributed by atoms with E-state index < -0.39 is 0 Å². The zero-order valence-electron chi connectivity index (χ0n) is 19.5. The summed E-state index contributed by atoms with van der Waals surface area (Å²) in [6, 6.07) is 9.49. The number of hydrogen-bond donors (Lipinski definition) is 0. The first kappa shape index (κ1) is 23.2. The highest BCUT2D eigenvalue weighted by atomic mass is 16.5. The van der Waals surface area contributed by atoms with Crippen molar-refractivity contribution in [3.05, 3.63) is 35.4 Å². The molecule has 1 aliphatic carbocycles. The van der Waals surface area contributed by atoms with Crippen molar-refractivity contribution >= 4 is 11.9 Å². The Balaban J connectivity index is 1.26. The van der Waals surface area contributed by atoms with Crippen LogP contribution in [-0.2, 0) is 31.9 Å². The second-order valence-electron chi connectivity index (χ2n) is 9.67. The Labute approximate surface area is 192 Å². The molecule has 0 aromatic heterocycles. The quantitative estimate of drug-likeness (QED) is 0.550. The van der Waals surface area contributed by atoms with Gasteiger partial charge in [0.1, 0.15) is 0 Å². The van der Waals surface area contributed by atoms with Gasteiger partial charge in [-0.05, 0) is 75.1 Å². The minimum absolute atomic E-state index is 0.151. The number of ether oxygens (including phenoxy) is 2. The number of benzene rings is 1. The van der Waals surface area contributed by atoms with Crippen molar-refractivity contribution in [1.29, 1.82) is 0 Å². The maximum absolute atomic E-state index is 13.0. The van der Waals surface area contributed by atoms with Crippen molar-refractivity contribution in [2.24, 2.45) is 5.92 Å². The molecule has 2 fully saturated rings. The SMILES string of the molecule is COC(=O)CCCC(=O)N(CC1CCN(C2Cc3ccccc3C2)CC1)CC1CCCO1. The number of nitrogens with zero attached hydrogens (tertiary/aromatic N) is 2. The number of rotatable bonds is 9. The molecule has 1 aromatic carbocycles. The largest absolute Gasteiger partial charge is 0.469 e. The van der Waals surface area contributed by atoms with E-state index in [9.17, 15) is 9.59 Å². The van der Waals surface area contributed by atoms with Gasteiger partial charge in [-0.3, -0.25) is 14.5 Å². The zero-order chi connectivity index (χ0) is 22.3. The van der Waals surface area contributed by atoms with Crippen LogP contribution >= 0.6 is 0 Å². The molecule has 6 nitrogen and oxygen atoms in total. The molecule has 3 aliphatic rings. The number of hydrogen-bond acceptors (Lipinski definition) is 5. The van der Waals surface area contributed by atoms with Crippen molar-refractivity contribution in [3.63, 3.8) is 0 Å². The Morgan fingerprint density at radius 3 is 2.41 bits per heavy atom. The van der Waals surface area contributed by atoms with E-state index in [1.165, 1.54) is 31.1 Å². The fourth-order valence-electron chi connectivity index (χ4n) is 5.56. The van der Waals surface area contributed by atoms with E-state index in [0.717, 1.165) is 51.9 Å². The first-order chi connectivity index (χ1) is 15.6. The summed E-state index contributed by atoms with van der Waals surface area (Å²) >= 11 is 0. The first-order valence-electron chi connectivity index (χ1n) is 12.4. The van der Waals surface area contributed by atoms with Crippen LogP contribution in [0.15, 0.2) is 24.3 Å². The summed E-state index contributed by atoms with van der Waals surface area (Å²) in [5, 5.41) is 0. The highest BCUT2D eigenvalue weighted by Crippen LogP contribution is 2.29. The number of piperidine rings is 1. The molecule has 2 aliphatic heterocycles. The third-order valence-electron chi connectivity index (χ3n) is 7.47. The Hall–Kier alpha value is -1.92. The van der Waals surface area contributed by atoms with Gasteiger partial charge in [0.15, 0.2) is 0 Å². The number of likely N-dealkylation sites (tertiary alicyclic amines) is 1. The molecule has 2 heterocycles. The summed E-state index contributed by atoms with van der Waals surface area (Å²) in [6.45, 7) is 4.54. The van der Waals surface area contributed by atoms with Gasteiger partial charge in [-0.25, -0.2) is 0 Å². The monoisotopic (exact) mass is 442 g/mol. The molecule has 1 aromatic rings. The van der Waals surface area contributed by atoms with Crippen molar-refractivity contribution in [1.82, 2.24) is 9.80 Å². The topological polar surface area (TPSA) is 59.1 Å². The normalized spacial score (nSPS) is 22.1. The fourth-order valence-corrected chi connectivity index (χ4v) is 5.56. The number of fused-ring (bicyclic) bond motifs is 1. The molecular formula is C26H38N2O4. The van der Waals surface area contributed by atoms with Crippen LogP contribution in [0, 0.1) is 5.92 Å². The third kappa shape index (κ3) is 6.10. The minimum Gasteiger partial charge on any atom is -0.469 e. The molecule has 1 amide bonds. The number of amides is 1. The van der Waals surface area contributed by atoms with Gasteiger partial charge in [-0.15, -0.1) is 0 Å². The summed E-state index contributed by atoms with van der Waals surface area (Å²) in [6.07, 6.45) is 8.16. The van der Waals surface area contributed by atoms with E-state index in [1.54, 1.807) is 0 Å². The third-order valence-corrected chi connectivity index (χ3v) is 7.47. The van der Waals surface area contributed by atoms with Gasteiger partial charge in [0.2, 0.25) is 5.91 Å². The summed E-state index contributed by atoms with van der Waals surface area (Å²) < 4.78 is 10.5. The highest BCUT2D eigenvalue weighted by Gasteiger charge is 2.31. The molecule has 176 valence electrons. The summed E-state index contributed by atoms with van der Waals surface area (Å²) in [7, 11) is 1.39. The molecule has 6 heteroatoms. The predicted octanol–water partition coefficient (Wildman–Crippen LogP) is 3.22. The number of carbonyl (C=O) groups excluding carboxylic acids is 2. The van der Waals surface area contributed by atoms with Crippen molar-refractivity contribution in [3.8, 4) is 0 Å². The van der Waals surface area contributed by atoms with E-state index in [4.69, 9.17) is 9.47 Å². The fraction of sp³-hybridized carbons (Fsp3) is 0.692. The zero-order valence-corrected chi connectivity index (χ0v) is 19.5. The Bertz CT molecular complexity index is 744. The Morgan fingerprint density at radius 1 is 1.06 bits per heavy atom. The molecule has 2 saturated heterocycles. The van der Waals surface area contributed by atoms with E-state index in [2.05, 4.69) is 29.2 Å². The summed E-state index contributed by atoms with van der Waals surface area (Å²) in [4.78, 5) is 29.1. The van der Waals surface area contributed by atoms with Crippen LogP contribution in [-0.4, -0.2) is 73.7 Å². The molecule has 1 atom stereocenters. The minimum atomic E-state index is -0.245. The van der Waals surface area contributed by atoms with Crippen LogP contribution in [0.3, 0.4) is 0 Å². The standard InChI is InChI=1S/C26H38N2O4/c1-31-26(30)10-4-9-25(29)28(19-24-8-5-15-32-24)18-20-11-13-27(14-12-20)23-16-21-6-2-3-7-22(21)17-23/h2-3,6-7,20,23-24H,4-5,8-19H2,1H3. The number of carbonyl (C=O) groups is 2. The van der Waals surface area contributed by atoms with Crippen LogP contribution in [0.1, 0.15) is 56.1 Å². The van der Waals surface area contributed by atoms with Gasteiger partial charge < -0.3 is 14.4 Å². The molecule has 0 N–H and O–H groups in total. The molecule has 0 saturated carbocycles. The smallest absolute Gasteiger partial charge is 0.305 e. The van der Waals surface area contributed by atoms with Crippen molar-refractivity contribution in [2.45, 2.75) is 69.9 Å². The second-order valence-corrected chi connectivity index (χ2v) is 9.67. The molecule has 0 bridgehead atoms. The average Bonchev–Trinajstić information content (AvgIpc) is 3.48. The Kier molecular flexibility index (Phi) is 8.20. The molecule has 0 spiro atoms. The maximum Gasteiger partial charge on any atom is 0.305 e. The average molecular weight is 443 g/mol. The van der Waals surface area contributed by atoms with E-state index in [1.807, 2.05) is 4.90 Å². The van der Waals surface area contributed by atoms with Gasteiger partial charge in [0.05, 0.1) is 13.2 Å². The first-order valence-corrected chi connectivity index (χ1v) is 12.4.